The van der Waals surface area contributed by atoms with Crippen LogP contribution in [-0.4, -0.2) is 35.7 Å². The van der Waals surface area contributed by atoms with Crippen LogP contribution in [0.2, 0.25) is 0 Å². The Morgan fingerprint density at radius 2 is 2.23 bits per heavy atom. The van der Waals surface area contributed by atoms with Gasteiger partial charge in [-0.2, -0.15) is 0 Å². The maximum Gasteiger partial charge on any atom is 0.317 e. The molecule has 1 atom stereocenters. The quantitative estimate of drug-likeness (QED) is 0.761. The first-order chi connectivity index (χ1) is 10.7. The molecular weight excluding hydrogens is 283 g/mol. The molecule has 1 aromatic carbocycles. The van der Waals surface area contributed by atoms with Crippen molar-refractivity contribution in [2.45, 2.75) is 45.1 Å². The molecule has 1 aliphatic carbocycles. The predicted octanol–water partition coefficient (Wildman–Crippen LogP) is 3.01. The number of halogens is 1. The van der Waals surface area contributed by atoms with Crippen LogP contribution < -0.4 is 5.32 Å². The summed E-state index contributed by atoms with van der Waals surface area (Å²) in [6.45, 7) is 3.08. The normalized spacial score (nSPS) is 16.4. The first-order valence-electron chi connectivity index (χ1n) is 8.10. The predicted molar refractivity (Wildman–Crippen MR) is 84.2 cm³/mol. The van der Waals surface area contributed by atoms with E-state index in [1.165, 1.54) is 6.07 Å². The van der Waals surface area contributed by atoms with E-state index in [0.29, 0.717) is 13.1 Å². The number of aryl methyl sites for hydroxylation is 1. The van der Waals surface area contributed by atoms with Gasteiger partial charge in [0.2, 0.25) is 0 Å². The Bertz CT molecular complexity index is 507. The molecule has 122 valence electrons. The molecule has 2 rings (SSSR count). The third kappa shape index (κ3) is 4.19. The maximum atomic E-state index is 13.2. The zero-order valence-electron chi connectivity index (χ0n) is 13.1. The van der Waals surface area contributed by atoms with Crippen molar-refractivity contribution in [2.24, 2.45) is 0 Å². The second-order valence-electron chi connectivity index (χ2n) is 5.80. The van der Waals surface area contributed by atoms with Gasteiger partial charge < -0.3 is 15.3 Å². The summed E-state index contributed by atoms with van der Waals surface area (Å²) < 4.78 is 13.2. The number of rotatable bonds is 7. The van der Waals surface area contributed by atoms with Gasteiger partial charge in [-0.3, -0.25) is 0 Å². The number of benzene rings is 1. The molecule has 5 heteroatoms. The minimum absolute atomic E-state index is 0.0357. The average Bonchev–Trinajstić information content (AvgIpc) is 2.88. The standard InChI is InChI=1S/C17H25FN2O2/c1-2-3-4-9-20(10-11-21)17(22)19-16-8-5-13-12-14(18)6-7-15(13)16/h6-7,12,16,21H,2-5,8-11H2,1H3,(H,19,22). The second kappa shape index (κ2) is 8.13. The van der Waals surface area contributed by atoms with Crippen LogP contribution >= 0.6 is 0 Å². The average molecular weight is 308 g/mol. The van der Waals surface area contributed by atoms with Crippen LogP contribution in [0.25, 0.3) is 0 Å². The van der Waals surface area contributed by atoms with E-state index in [1.807, 2.05) is 0 Å². The summed E-state index contributed by atoms with van der Waals surface area (Å²) in [7, 11) is 0. The molecule has 2 amide bonds. The van der Waals surface area contributed by atoms with Crippen molar-refractivity contribution in [1.82, 2.24) is 10.2 Å². The Kier molecular flexibility index (Phi) is 6.19. The number of amides is 2. The number of hydrogen-bond donors (Lipinski definition) is 2. The Morgan fingerprint density at radius 3 is 2.95 bits per heavy atom. The maximum absolute atomic E-state index is 13.2. The van der Waals surface area contributed by atoms with E-state index in [2.05, 4.69) is 12.2 Å². The van der Waals surface area contributed by atoms with Gasteiger partial charge in [0.25, 0.3) is 0 Å². The summed E-state index contributed by atoms with van der Waals surface area (Å²) in [5.41, 5.74) is 1.98. The molecule has 1 aliphatic rings. The van der Waals surface area contributed by atoms with Gasteiger partial charge in [-0.15, -0.1) is 0 Å². The fourth-order valence-electron chi connectivity index (χ4n) is 2.96. The van der Waals surface area contributed by atoms with Gasteiger partial charge in [-0.25, -0.2) is 9.18 Å². The third-order valence-corrected chi connectivity index (χ3v) is 4.17. The molecule has 1 unspecified atom stereocenters. The van der Waals surface area contributed by atoms with E-state index in [9.17, 15) is 9.18 Å². The molecule has 0 bridgehead atoms. The Morgan fingerprint density at radius 1 is 1.41 bits per heavy atom. The first kappa shape index (κ1) is 16.7. The first-order valence-corrected chi connectivity index (χ1v) is 8.10. The van der Waals surface area contributed by atoms with Gasteiger partial charge in [-0.05, 0) is 42.5 Å². The number of fused-ring (bicyclic) bond motifs is 1. The van der Waals surface area contributed by atoms with Crippen LogP contribution in [0.15, 0.2) is 18.2 Å². The summed E-state index contributed by atoms with van der Waals surface area (Å²) in [6, 6.07) is 4.54. The van der Waals surface area contributed by atoms with Gasteiger partial charge in [0.15, 0.2) is 0 Å². The van der Waals surface area contributed by atoms with E-state index < -0.39 is 0 Å². The van der Waals surface area contributed by atoms with E-state index in [0.717, 1.165) is 43.2 Å². The summed E-state index contributed by atoms with van der Waals surface area (Å²) in [5, 5.41) is 12.1. The van der Waals surface area contributed by atoms with Crippen molar-refractivity contribution in [2.75, 3.05) is 19.7 Å². The lowest BCUT2D eigenvalue weighted by Crippen LogP contribution is -2.43. The molecule has 0 saturated heterocycles. The molecule has 0 radical (unpaired) electrons. The number of carbonyl (C=O) groups excluding carboxylic acids is 1. The number of urea groups is 1. The molecule has 2 N–H and O–H groups in total. The van der Waals surface area contributed by atoms with Gasteiger partial charge >= 0.3 is 6.03 Å². The SMILES string of the molecule is CCCCCN(CCO)C(=O)NC1CCc2cc(F)ccc21. The highest BCUT2D eigenvalue weighted by Gasteiger charge is 2.25. The van der Waals surface area contributed by atoms with Crippen molar-refractivity contribution in [3.8, 4) is 0 Å². The van der Waals surface area contributed by atoms with Crippen LogP contribution in [-0.2, 0) is 6.42 Å². The molecule has 0 spiro atoms. The number of hydrogen-bond acceptors (Lipinski definition) is 2. The summed E-state index contributed by atoms with van der Waals surface area (Å²) in [6.07, 6.45) is 4.69. The van der Waals surface area contributed by atoms with Gasteiger partial charge in [0, 0.05) is 13.1 Å². The molecule has 0 heterocycles. The number of aliphatic hydroxyl groups is 1. The molecule has 0 saturated carbocycles. The Balaban J connectivity index is 1.96. The van der Waals surface area contributed by atoms with Crippen molar-refractivity contribution in [3.05, 3.63) is 35.1 Å². The van der Waals surface area contributed by atoms with Gasteiger partial charge in [0.1, 0.15) is 5.82 Å². The van der Waals surface area contributed by atoms with Crippen LogP contribution in [0.4, 0.5) is 9.18 Å². The van der Waals surface area contributed by atoms with Crippen LogP contribution in [0.3, 0.4) is 0 Å². The summed E-state index contributed by atoms with van der Waals surface area (Å²) in [5.74, 6) is -0.229. The lowest BCUT2D eigenvalue weighted by Gasteiger charge is -2.25. The lowest BCUT2D eigenvalue weighted by molar-refractivity contribution is 0.172. The van der Waals surface area contributed by atoms with E-state index in [1.54, 1.807) is 17.0 Å². The Labute approximate surface area is 131 Å². The minimum Gasteiger partial charge on any atom is -0.395 e. The van der Waals surface area contributed by atoms with Crippen molar-refractivity contribution in [1.29, 1.82) is 0 Å². The van der Waals surface area contributed by atoms with Crippen LogP contribution in [0.1, 0.15) is 49.8 Å². The molecule has 0 aliphatic heterocycles. The van der Waals surface area contributed by atoms with E-state index >= 15 is 0 Å². The molecule has 4 nitrogen and oxygen atoms in total. The minimum atomic E-state index is -0.229. The zero-order chi connectivity index (χ0) is 15.9. The fourth-order valence-corrected chi connectivity index (χ4v) is 2.96. The largest absolute Gasteiger partial charge is 0.395 e. The number of nitrogens with one attached hydrogen (secondary N) is 1. The zero-order valence-corrected chi connectivity index (χ0v) is 13.1. The smallest absolute Gasteiger partial charge is 0.317 e. The third-order valence-electron chi connectivity index (χ3n) is 4.17. The highest BCUT2D eigenvalue weighted by Crippen LogP contribution is 2.31. The molecule has 0 fully saturated rings. The monoisotopic (exact) mass is 308 g/mol. The number of nitrogens with zero attached hydrogens (tertiary/aromatic N) is 1. The highest BCUT2D eigenvalue weighted by molar-refractivity contribution is 5.75. The van der Waals surface area contributed by atoms with Crippen LogP contribution in [0, 0.1) is 5.82 Å². The highest BCUT2D eigenvalue weighted by atomic mass is 19.1. The second-order valence-corrected chi connectivity index (χ2v) is 5.80. The molecule has 1 aromatic rings. The number of carbonyl (C=O) groups is 1. The van der Waals surface area contributed by atoms with Gasteiger partial charge in [-0.1, -0.05) is 25.8 Å². The van der Waals surface area contributed by atoms with E-state index in [-0.39, 0.29) is 24.5 Å². The fraction of sp³-hybridized carbons (Fsp3) is 0.588. The summed E-state index contributed by atoms with van der Waals surface area (Å²) in [4.78, 5) is 14.1. The van der Waals surface area contributed by atoms with E-state index in [4.69, 9.17) is 5.11 Å². The number of aliphatic hydroxyl groups excluding tert-OH is 1. The lowest BCUT2D eigenvalue weighted by atomic mass is 10.1. The molecule has 22 heavy (non-hydrogen) atoms. The van der Waals surface area contributed by atoms with Crippen LogP contribution in [0.5, 0.6) is 0 Å². The van der Waals surface area contributed by atoms with Gasteiger partial charge in [0.05, 0.1) is 12.6 Å². The summed E-state index contributed by atoms with van der Waals surface area (Å²) >= 11 is 0. The van der Waals surface area contributed by atoms with Crippen molar-refractivity contribution >= 4 is 6.03 Å². The van der Waals surface area contributed by atoms with Crippen molar-refractivity contribution < 1.29 is 14.3 Å². The topological polar surface area (TPSA) is 52.6 Å². The molecular formula is C17H25FN2O2. The number of unbranched alkanes of at least 4 members (excludes halogenated alkanes) is 2. The van der Waals surface area contributed by atoms with Crippen molar-refractivity contribution in [3.63, 3.8) is 0 Å². The Hall–Kier alpha value is -1.62. The molecule has 0 aromatic heterocycles.